The van der Waals surface area contributed by atoms with Gasteiger partial charge in [-0.05, 0) is 73.0 Å². The van der Waals surface area contributed by atoms with Gasteiger partial charge in [0.1, 0.15) is 5.60 Å². The predicted octanol–water partition coefficient (Wildman–Crippen LogP) is 5.62. The number of aryl methyl sites for hydroxylation is 1. The van der Waals surface area contributed by atoms with Crippen molar-refractivity contribution >= 4 is 32.8 Å². The smallest absolute Gasteiger partial charge is 0.407 e. The van der Waals surface area contributed by atoms with Gasteiger partial charge >= 0.3 is 6.09 Å². The van der Waals surface area contributed by atoms with Gasteiger partial charge in [-0.2, -0.15) is 0 Å². The number of fused-ring (bicyclic) bond motifs is 1. The predicted molar refractivity (Wildman–Crippen MR) is 106 cm³/mol. The Morgan fingerprint density at radius 3 is 2.68 bits per heavy atom. The van der Waals surface area contributed by atoms with Crippen LogP contribution in [0.1, 0.15) is 52.0 Å². The van der Waals surface area contributed by atoms with Crippen molar-refractivity contribution in [2.75, 3.05) is 6.54 Å². The Balaban J connectivity index is 1.63. The summed E-state index contributed by atoms with van der Waals surface area (Å²) < 4.78 is 6.25. The number of carbonyl (C=O) groups excluding carboxylic acids is 1. The van der Waals surface area contributed by atoms with Crippen LogP contribution in [0.3, 0.4) is 0 Å². The molecule has 0 bridgehead atoms. The Kier molecular flexibility index (Phi) is 7.24. The van der Waals surface area contributed by atoms with Gasteiger partial charge in [0, 0.05) is 28.8 Å². The molecule has 2 aromatic rings. The average molecular weight is 407 g/mol. The first-order chi connectivity index (χ1) is 11.8. The molecule has 1 N–H and O–H groups in total. The van der Waals surface area contributed by atoms with Crippen LogP contribution >= 0.6 is 15.9 Å². The van der Waals surface area contributed by atoms with Crippen LogP contribution in [0.5, 0.6) is 0 Å². The third-order valence-electron chi connectivity index (χ3n) is 3.84. The van der Waals surface area contributed by atoms with Gasteiger partial charge in [0.2, 0.25) is 0 Å². The van der Waals surface area contributed by atoms with E-state index >= 15 is 0 Å². The van der Waals surface area contributed by atoms with Crippen molar-refractivity contribution in [3.05, 3.63) is 40.6 Å². The molecule has 1 heterocycles. The lowest BCUT2D eigenvalue weighted by Gasteiger charge is -2.19. The first-order valence-corrected chi connectivity index (χ1v) is 9.63. The number of unbranched alkanes of at least 4 members (excludes halogenated alkanes) is 3. The largest absolute Gasteiger partial charge is 0.444 e. The molecule has 0 aliphatic rings. The van der Waals surface area contributed by atoms with Gasteiger partial charge in [-0.15, -0.1) is 0 Å². The van der Waals surface area contributed by atoms with Crippen LogP contribution in [0, 0.1) is 0 Å². The van der Waals surface area contributed by atoms with Gasteiger partial charge in [0.25, 0.3) is 0 Å². The van der Waals surface area contributed by atoms with Crippen LogP contribution in [0.25, 0.3) is 10.8 Å². The molecule has 1 amide bonds. The SMILES string of the molecule is CC(C)(C)OC(=O)NCCCCCCc1ccc2cncc(Br)c2c1. The molecule has 2 rings (SSSR count). The molecule has 0 saturated carbocycles. The molecular formula is C20H27BrN2O2. The molecular weight excluding hydrogens is 380 g/mol. The average Bonchev–Trinajstić information content (AvgIpc) is 2.53. The van der Waals surface area contributed by atoms with Crippen LogP contribution < -0.4 is 5.32 Å². The van der Waals surface area contributed by atoms with Gasteiger partial charge < -0.3 is 10.1 Å². The van der Waals surface area contributed by atoms with Gasteiger partial charge in [-0.25, -0.2) is 4.79 Å². The van der Waals surface area contributed by atoms with Gasteiger partial charge in [0.15, 0.2) is 0 Å². The maximum absolute atomic E-state index is 11.5. The molecule has 136 valence electrons. The summed E-state index contributed by atoms with van der Waals surface area (Å²) in [4.78, 5) is 15.7. The molecule has 4 nitrogen and oxygen atoms in total. The zero-order valence-corrected chi connectivity index (χ0v) is 16.9. The minimum atomic E-state index is -0.436. The standard InChI is InChI=1S/C20H27BrN2O2/c1-20(2,3)25-19(24)23-11-7-5-4-6-8-15-9-10-16-13-22-14-18(21)17(16)12-15/h9-10,12-14H,4-8,11H2,1-3H3,(H,23,24). The Hall–Kier alpha value is -1.62. The molecule has 0 saturated heterocycles. The molecule has 0 spiro atoms. The van der Waals surface area contributed by atoms with E-state index in [0.29, 0.717) is 6.54 Å². The van der Waals surface area contributed by atoms with Crippen LogP contribution in [-0.2, 0) is 11.2 Å². The fraction of sp³-hybridized carbons (Fsp3) is 0.500. The zero-order valence-electron chi connectivity index (χ0n) is 15.3. The summed E-state index contributed by atoms with van der Waals surface area (Å²) in [6, 6.07) is 6.55. The number of nitrogens with one attached hydrogen (secondary N) is 1. The number of alkyl carbamates (subject to hydrolysis) is 1. The van der Waals surface area contributed by atoms with Crippen molar-refractivity contribution < 1.29 is 9.53 Å². The number of carbonyl (C=O) groups is 1. The Morgan fingerprint density at radius 1 is 1.16 bits per heavy atom. The summed E-state index contributed by atoms with van der Waals surface area (Å²) in [6.07, 6.45) is 8.87. The maximum Gasteiger partial charge on any atom is 0.407 e. The van der Waals surface area contributed by atoms with E-state index in [-0.39, 0.29) is 6.09 Å². The first kappa shape index (κ1) is 19.7. The number of halogens is 1. The van der Waals surface area contributed by atoms with E-state index < -0.39 is 5.60 Å². The molecule has 0 aliphatic heterocycles. The normalized spacial score (nSPS) is 11.5. The highest BCUT2D eigenvalue weighted by molar-refractivity contribution is 9.10. The number of ether oxygens (including phenoxy) is 1. The summed E-state index contributed by atoms with van der Waals surface area (Å²) in [7, 11) is 0. The number of hydrogen-bond donors (Lipinski definition) is 1. The third-order valence-corrected chi connectivity index (χ3v) is 4.47. The Bertz CT molecular complexity index is 710. The van der Waals surface area contributed by atoms with Crippen molar-refractivity contribution in [3.8, 4) is 0 Å². The Morgan fingerprint density at radius 2 is 1.92 bits per heavy atom. The van der Waals surface area contributed by atoms with Gasteiger partial charge in [-0.3, -0.25) is 4.98 Å². The molecule has 0 fully saturated rings. The van der Waals surface area contributed by atoms with Crippen LogP contribution in [0.15, 0.2) is 35.1 Å². The van der Waals surface area contributed by atoms with Crippen molar-refractivity contribution in [2.45, 2.75) is 58.5 Å². The highest BCUT2D eigenvalue weighted by Crippen LogP contribution is 2.24. The second-order valence-electron chi connectivity index (χ2n) is 7.27. The summed E-state index contributed by atoms with van der Waals surface area (Å²) in [5.41, 5.74) is 0.918. The number of nitrogens with zero attached hydrogens (tertiary/aromatic N) is 1. The number of pyridine rings is 1. The van der Waals surface area contributed by atoms with E-state index in [0.717, 1.165) is 42.0 Å². The maximum atomic E-state index is 11.5. The minimum Gasteiger partial charge on any atom is -0.444 e. The van der Waals surface area contributed by atoms with E-state index in [1.807, 2.05) is 33.2 Å². The lowest BCUT2D eigenvalue weighted by atomic mass is 10.0. The fourth-order valence-electron chi connectivity index (χ4n) is 2.64. The van der Waals surface area contributed by atoms with Crippen LogP contribution in [0.4, 0.5) is 4.79 Å². The lowest BCUT2D eigenvalue weighted by Crippen LogP contribution is -2.32. The number of benzene rings is 1. The molecule has 25 heavy (non-hydrogen) atoms. The summed E-state index contributed by atoms with van der Waals surface area (Å²) in [6.45, 7) is 6.28. The molecule has 5 heteroatoms. The van der Waals surface area contributed by atoms with E-state index in [9.17, 15) is 4.79 Å². The second kappa shape index (κ2) is 9.18. The van der Waals surface area contributed by atoms with Crippen LogP contribution in [0.2, 0.25) is 0 Å². The number of aromatic nitrogens is 1. The highest BCUT2D eigenvalue weighted by atomic mass is 79.9. The van der Waals surface area contributed by atoms with Gasteiger partial charge in [0.05, 0.1) is 0 Å². The van der Waals surface area contributed by atoms with Crippen molar-refractivity contribution in [1.29, 1.82) is 0 Å². The van der Waals surface area contributed by atoms with Gasteiger partial charge in [-0.1, -0.05) is 25.0 Å². The molecule has 0 unspecified atom stereocenters. The van der Waals surface area contributed by atoms with Crippen molar-refractivity contribution in [2.24, 2.45) is 0 Å². The van der Waals surface area contributed by atoms with Crippen molar-refractivity contribution in [1.82, 2.24) is 10.3 Å². The second-order valence-corrected chi connectivity index (χ2v) is 8.12. The Labute approximate surface area is 158 Å². The zero-order chi connectivity index (χ0) is 18.3. The van der Waals surface area contributed by atoms with Crippen LogP contribution in [-0.4, -0.2) is 23.2 Å². The van der Waals surface area contributed by atoms with E-state index in [4.69, 9.17) is 4.74 Å². The summed E-state index contributed by atoms with van der Waals surface area (Å²) in [5, 5.41) is 5.18. The number of amides is 1. The topological polar surface area (TPSA) is 51.2 Å². The number of rotatable bonds is 7. The van der Waals surface area contributed by atoms with E-state index in [1.165, 1.54) is 10.9 Å². The summed E-state index contributed by atoms with van der Waals surface area (Å²) >= 11 is 3.56. The lowest BCUT2D eigenvalue weighted by molar-refractivity contribution is 0.0527. The monoisotopic (exact) mass is 406 g/mol. The fourth-order valence-corrected chi connectivity index (χ4v) is 3.10. The molecule has 1 aromatic carbocycles. The third kappa shape index (κ3) is 7.02. The van der Waals surface area contributed by atoms with E-state index in [2.05, 4.69) is 44.4 Å². The molecule has 0 atom stereocenters. The summed E-state index contributed by atoms with van der Waals surface area (Å²) in [5.74, 6) is 0. The van der Waals surface area contributed by atoms with Crippen molar-refractivity contribution in [3.63, 3.8) is 0 Å². The molecule has 0 radical (unpaired) electrons. The highest BCUT2D eigenvalue weighted by Gasteiger charge is 2.15. The van der Waals surface area contributed by atoms with E-state index in [1.54, 1.807) is 0 Å². The molecule has 0 aliphatic carbocycles. The number of hydrogen-bond acceptors (Lipinski definition) is 3. The molecule has 1 aromatic heterocycles. The first-order valence-electron chi connectivity index (χ1n) is 8.84. The quantitative estimate of drug-likeness (QED) is 0.606. The minimum absolute atomic E-state index is 0.330.